The topological polar surface area (TPSA) is 46.5 Å². The van der Waals surface area contributed by atoms with Gasteiger partial charge in [0.15, 0.2) is 0 Å². The van der Waals surface area contributed by atoms with Crippen LogP contribution in [0.5, 0.6) is 0 Å². The van der Waals surface area contributed by atoms with Crippen LogP contribution in [0.3, 0.4) is 0 Å². The Bertz CT molecular complexity index is 194. The number of rotatable bonds is 12. The maximum atomic E-state index is 11.6. The molecule has 1 atom stereocenters. The third-order valence-electron chi connectivity index (χ3n) is 2.50. The highest BCUT2D eigenvalue weighted by atomic mass is 32.7. The van der Waals surface area contributed by atoms with Gasteiger partial charge < -0.3 is 9.42 Å². The van der Waals surface area contributed by atoms with Crippen LogP contribution in [0, 0.1) is 0 Å². The molecule has 0 aliphatic carbocycles. The summed E-state index contributed by atoms with van der Waals surface area (Å²) in [5, 5.41) is 0. The minimum absolute atomic E-state index is 0.412. The van der Waals surface area contributed by atoms with Crippen molar-refractivity contribution < 1.29 is 14.0 Å². The first-order valence-corrected chi connectivity index (χ1v) is 9.91. The minimum atomic E-state index is -3.37. The molecule has 17 heavy (non-hydrogen) atoms. The fourth-order valence-corrected chi connectivity index (χ4v) is 3.98. The lowest BCUT2D eigenvalue weighted by molar-refractivity contribution is 0.268. The van der Waals surface area contributed by atoms with Gasteiger partial charge >= 0.3 is 6.80 Å². The molecular formula is C12H27O3PS. The van der Waals surface area contributed by atoms with E-state index >= 15 is 0 Å². The van der Waals surface area contributed by atoms with Crippen LogP contribution >= 0.6 is 18.2 Å². The van der Waals surface area contributed by atoms with E-state index in [-0.39, 0.29) is 0 Å². The normalized spacial score (nSPS) is 14.8. The van der Waals surface area contributed by atoms with Gasteiger partial charge in [0.25, 0.3) is 0 Å². The Balaban J connectivity index is 3.42. The van der Waals surface area contributed by atoms with Crippen molar-refractivity contribution in [3.05, 3.63) is 0 Å². The van der Waals surface area contributed by atoms with Gasteiger partial charge in [-0.15, -0.1) is 0 Å². The lowest BCUT2D eigenvalue weighted by Crippen LogP contribution is -1.92. The van der Waals surface area contributed by atoms with Crippen molar-refractivity contribution in [3.63, 3.8) is 0 Å². The van der Waals surface area contributed by atoms with Gasteiger partial charge in [0, 0.05) is 5.75 Å². The summed E-state index contributed by atoms with van der Waals surface area (Å²) in [5.74, 6) is 0.725. The number of hydrogen-bond acceptors (Lipinski definition) is 3. The van der Waals surface area contributed by atoms with Crippen molar-refractivity contribution >= 4 is 18.2 Å². The molecule has 0 amide bonds. The van der Waals surface area contributed by atoms with Crippen LogP contribution in [-0.4, -0.2) is 17.3 Å². The highest BCUT2D eigenvalue weighted by Gasteiger charge is 2.19. The summed E-state index contributed by atoms with van der Waals surface area (Å²) in [6.45, 7) is 1.34. The van der Waals surface area contributed by atoms with E-state index in [0.29, 0.717) is 6.61 Å². The van der Waals surface area contributed by atoms with Crippen LogP contribution in [0.4, 0.5) is 0 Å². The van der Waals surface area contributed by atoms with Crippen LogP contribution in [0.15, 0.2) is 0 Å². The van der Waals surface area contributed by atoms with Crippen LogP contribution < -0.4 is 0 Å². The summed E-state index contributed by atoms with van der Waals surface area (Å²) in [6.07, 6.45) is 8.84. The zero-order chi connectivity index (χ0) is 13.0. The Kier molecular flexibility index (Phi) is 11.9. The maximum absolute atomic E-state index is 11.6. The first-order chi connectivity index (χ1) is 8.12. The van der Waals surface area contributed by atoms with Gasteiger partial charge in [0.1, 0.15) is 0 Å². The number of unbranched alkanes of at least 4 members (excludes halogenated alkanes) is 6. The van der Waals surface area contributed by atoms with E-state index < -0.39 is 6.80 Å². The monoisotopic (exact) mass is 282 g/mol. The standard InChI is InChI=1S/C12H27O3PS/c1-3-5-7-9-11-15-16(13,14)17-12-10-8-6-4-2/h3-12H2,1-2H3,(H,13,14). The van der Waals surface area contributed by atoms with E-state index in [4.69, 9.17) is 4.52 Å². The third-order valence-corrected chi connectivity index (χ3v) is 5.65. The molecule has 1 N–H and O–H groups in total. The van der Waals surface area contributed by atoms with Crippen molar-refractivity contribution in [2.24, 2.45) is 0 Å². The van der Waals surface area contributed by atoms with Crippen LogP contribution in [0.25, 0.3) is 0 Å². The van der Waals surface area contributed by atoms with E-state index in [9.17, 15) is 9.46 Å². The SMILES string of the molecule is CCCCCCOP(=O)(O)SCCCCCC. The van der Waals surface area contributed by atoms with E-state index in [1.165, 1.54) is 25.7 Å². The molecular weight excluding hydrogens is 255 g/mol. The molecule has 3 nitrogen and oxygen atoms in total. The predicted molar refractivity (Wildman–Crippen MR) is 76.5 cm³/mol. The molecule has 0 radical (unpaired) electrons. The van der Waals surface area contributed by atoms with Gasteiger partial charge in [-0.2, -0.15) is 0 Å². The molecule has 0 aliphatic rings. The van der Waals surface area contributed by atoms with Gasteiger partial charge in [-0.3, -0.25) is 0 Å². The second-order valence-electron chi connectivity index (χ2n) is 4.26. The first-order valence-electron chi connectivity index (χ1n) is 6.74. The van der Waals surface area contributed by atoms with Crippen molar-refractivity contribution in [3.8, 4) is 0 Å². The van der Waals surface area contributed by atoms with Crippen molar-refractivity contribution in [2.75, 3.05) is 12.4 Å². The Labute approximate surface area is 110 Å². The van der Waals surface area contributed by atoms with Crippen molar-refractivity contribution in [2.45, 2.75) is 65.2 Å². The van der Waals surface area contributed by atoms with E-state index in [1.807, 2.05) is 0 Å². The molecule has 0 aromatic heterocycles. The molecule has 0 heterocycles. The molecule has 0 bridgehead atoms. The van der Waals surface area contributed by atoms with Gasteiger partial charge in [-0.1, -0.05) is 52.4 Å². The summed E-state index contributed by atoms with van der Waals surface area (Å²) in [6, 6.07) is 0. The van der Waals surface area contributed by atoms with Gasteiger partial charge in [0.05, 0.1) is 6.61 Å². The van der Waals surface area contributed by atoms with Crippen LogP contribution in [0.2, 0.25) is 0 Å². The molecule has 5 heteroatoms. The lowest BCUT2D eigenvalue weighted by atomic mass is 10.2. The van der Waals surface area contributed by atoms with Gasteiger partial charge in [-0.25, -0.2) is 4.57 Å². The zero-order valence-corrected chi connectivity index (χ0v) is 12.9. The predicted octanol–water partition coefficient (Wildman–Crippen LogP) is 5.00. The summed E-state index contributed by atoms with van der Waals surface area (Å²) in [7, 11) is 0. The zero-order valence-electron chi connectivity index (χ0n) is 11.2. The molecule has 0 spiro atoms. The summed E-state index contributed by atoms with van der Waals surface area (Å²) in [5.41, 5.74) is 0. The average Bonchev–Trinajstić information content (AvgIpc) is 2.28. The second kappa shape index (κ2) is 11.6. The van der Waals surface area contributed by atoms with Crippen LogP contribution in [0.1, 0.15) is 65.2 Å². The summed E-state index contributed by atoms with van der Waals surface area (Å²) >= 11 is 1.08. The molecule has 0 fully saturated rings. The quantitative estimate of drug-likeness (QED) is 0.404. The van der Waals surface area contributed by atoms with Crippen molar-refractivity contribution in [1.82, 2.24) is 0 Å². The van der Waals surface area contributed by atoms with E-state index in [2.05, 4.69) is 13.8 Å². The second-order valence-corrected chi connectivity index (χ2v) is 8.28. The molecule has 0 aromatic carbocycles. The highest BCUT2D eigenvalue weighted by Crippen LogP contribution is 2.55. The molecule has 0 saturated carbocycles. The summed E-state index contributed by atoms with van der Waals surface area (Å²) < 4.78 is 16.6. The first kappa shape index (κ1) is 17.5. The molecule has 1 unspecified atom stereocenters. The molecule has 0 saturated heterocycles. The Morgan fingerprint density at radius 3 is 2.18 bits per heavy atom. The average molecular weight is 282 g/mol. The van der Waals surface area contributed by atoms with Crippen molar-refractivity contribution in [1.29, 1.82) is 0 Å². The molecule has 0 aliphatic heterocycles. The lowest BCUT2D eigenvalue weighted by Gasteiger charge is -2.10. The maximum Gasteiger partial charge on any atom is 0.386 e. The Morgan fingerprint density at radius 1 is 1.00 bits per heavy atom. The Morgan fingerprint density at radius 2 is 1.59 bits per heavy atom. The molecule has 0 aromatic rings. The van der Waals surface area contributed by atoms with Crippen LogP contribution in [-0.2, 0) is 9.09 Å². The largest absolute Gasteiger partial charge is 0.386 e. The summed E-state index contributed by atoms with van der Waals surface area (Å²) in [4.78, 5) is 9.52. The van der Waals surface area contributed by atoms with Gasteiger partial charge in [0.2, 0.25) is 0 Å². The minimum Gasteiger partial charge on any atom is -0.316 e. The highest BCUT2D eigenvalue weighted by molar-refractivity contribution is 8.54. The molecule has 0 rings (SSSR count). The smallest absolute Gasteiger partial charge is 0.316 e. The van der Waals surface area contributed by atoms with E-state index in [0.717, 1.165) is 42.8 Å². The molecule has 104 valence electrons. The fraction of sp³-hybridized carbons (Fsp3) is 1.00. The number of hydrogen-bond donors (Lipinski definition) is 1. The van der Waals surface area contributed by atoms with Gasteiger partial charge in [-0.05, 0) is 24.2 Å². The third kappa shape index (κ3) is 12.7. The fourth-order valence-electron chi connectivity index (χ4n) is 1.45. The Hall–Kier alpha value is 0.500. The van der Waals surface area contributed by atoms with E-state index in [1.54, 1.807) is 0 Å².